The molecule has 0 aliphatic carbocycles. The Morgan fingerprint density at radius 1 is 0.554 bits per heavy atom. The Balaban J connectivity index is 4.69. The van der Waals surface area contributed by atoms with Gasteiger partial charge in [0.25, 0.3) is 0 Å². The number of carbonyl (C=O) groups is 2. The number of ether oxygens (including phenoxy) is 1. The molecule has 0 fully saturated rings. The molecule has 0 spiro atoms. The lowest BCUT2D eigenvalue weighted by molar-refractivity contribution is -0.148. The average Bonchev–Trinajstić information content (AvgIpc) is 3.19. The minimum absolute atomic E-state index is 0.0392. The average molecular weight is 784 g/mol. The van der Waals surface area contributed by atoms with E-state index in [1.54, 1.807) is 0 Å². The predicted octanol–water partition coefficient (Wildman–Crippen LogP) is 13.7. The van der Waals surface area contributed by atoms with Crippen molar-refractivity contribution in [2.45, 2.75) is 238 Å². The van der Waals surface area contributed by atoms with Crippen LogP contribution in [-0.2, 0) is 14.3 Å². The molecular formula is C50H89NO5. The number of allylic oxidation sites excluding steroid dienone is 9. The summed E-state index contributed by atoms with van der Waals surface area (Å²) in [4.78, 5) is 25.9. The lowest BCUT2D eigenvalue weighted by Crippen LogP contribution is -2.46. The first-order valence-electron chi connectivity index (χ1n) is 23.5. The van der Waals surface area contributed by atoms with E-state index in [-0.39, 0.29) is 24.9 Å². The van der Waals surface area contributed by atoms with Crippen molar-refractivity contribution in [3.63, 3.8) is 0 Å². The number of hydrogen-bond acceptors (Lipinski definition) is 5. The van der Waals surface area contributed by atoms with Gasteiger partial charge in [-0.15, -0.1) is 0 Å². The second kappa shape index (κ2) is 43.7. The maximum Gasteiger partial charge on any atom is 0.306 e. The molecule has 1 amide bonds. The van der Waals surface area contributed by atoms with E-state index in [0.29, 0.717) is 19.3 Å². The molecule has 0 aromatic rings. The molecule has 6 nitrogen and oxygen atoms in total. The van der Waals surface area contributed by atoms with Gasteiger partial charge in [0.1, 0.15) is 6.10 Å². The van der Waals surface area contributed by atoms with Gasteiger partial charge in [0, 0.05) is 6.42 Å². The van der Waals surface area contributed by atoms with Crippen LogP contribution in [0.15, 0.2) is 60.8 Å². The largest absolute Gasteiger partial charge is 0.458 e. The minimum atomic E-state index is -0.814. The van der Waals surface area contributed by atoms with E-state index >= 15 is 0 Å². The van der Waals surface area contributed by atoms with Crippen LogP contribution in [0.5, 0.6) is 0 Å². The molecule has 0 aromatic carbocycles. The van der Waals surface area contributed by atoms with Crippen molar-refractivity contribution in [3.05, 3.63) is 60.8 Å². The van der Waals surface area contributed by atoms with Gasteiger partial charge in [0.15, 0.2) is 0 Å². The van der Waals surface area contributed by atoms with Crippen LogP contribution in [0.4, 0.5) is 0 Å². The Bertz CT molecular complexity index is 1010. The number of rotatable bonds is 41. The van der Waals surface area contributed by atoms with Crippen molar-refractivity contribution >= 4 is 11.9 Å². The van der Waals surface area contributed by atoms with Crippen LogP contribution >= 0.6 is 0 Å². The van der Waals surface area contributed by atoms with Crippen LogP contribution in [0.25, 0.3) is 0 Å². The smallest absolute Gasteiger partial charge is 0.306 e. The quantitative estimate of drug-likeness (QED) is 0.0326. The normalized spacial score (nSPS) is 13.9. The van der Waals surface area contributed by atoms with Gasteiger partial charge in [0.05, 0.1) is 25.2 Å². The summed E-state index contributed by atoms with van der Waals surface area (Å²) in [6.07, 6.45) is 53.1. The van der Waals surface area contributed by atoms with Crippen molar-refractivity contribution in [1.29, 1.82) is 0 Å². The second-order valence-electron chi connectivity index (χ2n) is 15.8. The number of amides is 1. The van der Waals surface area contributed by atoms with Crippen molar-refractivity contribution in [2.24, 2.45) is 0 Å². The number of nitrogens with one attached hydrogen (secondary N) is 1. The van der Waals surface area contributed by atoms with E-state index in [0.717, 1.165) is 77.0 Å². The van der Waals surface area contributed by atoms with E-state index in [1.807, 2.05) is 12.2 Å². The Morgan fingerprint density at radius 3 is 1.52 bits per heavy atom. The summed E-state index contributed by atoms with van der Waals surface area (Å²) < 4.78 is 5.79. The van der Waals surface area contributed by atoms with Crippen LogP contribution in [0.2, 0.25) is 0 Å². The number of esters is 1. The van der Waals surface area contributed by atoms with Crippen molar-refractivity contribution in [2.75, 3.05) is 6.61 Å². The van der Waals surface area contributed by atoms with E-state index in [9.17, 15) is 19.8 Å². The van der Waals surface area contributed by atoms with Gasteiger partial charge in [-0.2, -0.15) is 0 Å². The van der Waals surface area contributed by atoms with Crippen molar-refractivity contribution < 1.29 is 24.5 Å². The standard InChI is InChI=1S/C50H89NO5/c1-4-7-10-13-16-19-22-24-25-28-31-34-37-40-43-50(55)56-46(41-38-35-32-29-26-21-18-15-12-9-6-3)44-49(54)51-47(45-52)48(53)42-39-36-33-30-27-23-20-17-14-11-8-5-2/h7,10,16,19,24-25,29,32,38,41,46-48,52-53H,4-6,8-9,11-15,17-18,20-23,26-28,30-31,33-37,39-40,42-45H2,1-3H3,(H,51,54)/b10-7+,19-16+,25-24+,32-29-,41-38+. The number of aliphatic hydroxyl groups excluding tert-OH is 2. The lowest BCUT2D eigenvalue weighted by atomic mass is 10.0. The van der Waals surface area contributed by atoms with Gasteiger partial charge in [0.2, 0.25) is 5.91 Å². The number of unbranched alkanes of at least 4 members (excludes halogenated alkanes) is 21. The molecule has 0 bridgehead atoms. The predicted molar refractivity (Wildman–Crippen MR) is 241 cm³/mol. The highest BCUT2D eigenvalue weighted by atomic mass is 16.5. The molecule has 0 saturated carbocycles. The van der Waals surface area contributed by atoms with Gasteiger partial charge in [-0.05, 0) is 70.3 Å². The van der Waals surface area contributed by atoms with E-state index < -0.39 is 18.2 Å². The van der Waals surface area contributed by atoms with Gasteiger partial charge >= 0.3 is 5.97 Å². The van der Waals surface area contributed by atoms with Crippen molar-refractivity contribution in [3.8, 4) is 0 Å². The molecule has 0 aromatic heterocycles. The maximum absolute atomic E-state index is 13.1. The lowest BCUT2D eigenvalue weighted by Gasteiger charge is -2.23. The number of carbonyl (C=O) groups excluding carboxylic acids is 2. The van der Waals surface area contributed by atoms with E-state index in [4.69, 9.17) is 4.74 Å². The molecule has 3 unspecified atom stereocenters. The third-order valence-corrected chi connectivity index (χ3v) is 10.3. The Labute approximate surface area is 346 Å². The van der Waals surface area contributed by atoms with Crippen LogP contribution in [0.1, 0.15) is 220 Å². The highest BCUT2D eigenvalue weighted by Gasteiger charge is 2.23. The Morgan fingerprint density at radius 2 is 1.00 bits per heavy atom. The minimum Gasteiger partial charge on any atom is -0.458 e. The summed E-state index contributed by atoms with van der Waals surface area (Å²) in [5.41, 5.74) is 0. The molecule has 0 aliphatic heterocycles. The van der Waals surface area contributed by atoms with E-state index in [2.05, 4.69) is 74.7 Å². The maximum atomic E-state index is 13.1. The second-order valence-corrected chi connectivity index (χ2v) is 15.8. The highest BCUT2D eigenvalue weighted by molar-refractivity contribution is 5.78. The SMILES string of the molecule is CC/C=C/C/C=C/C/C=C/CCCCCCC(=O)OC(/C=C/C/C=C\CCCCCCCC)CC(=O)NC(CO)C(O)CCCCCCCCCCCCCC. The fraction of sp³-hybridized carbons (Fsp3) is 0.760. The zero-order chi connectivity index (χ0) is 41.0. The molecule has 0 heterocycles. The summed E-state index contributed by atoms with van der Waals surface area (Å²) in [5, 5.41) is 23.6. The Hall–Kier alpha value is -2.44. The van der Waals surface area contributed by atoms with Gasteiger partial charge < -0.3 is 20.3 Å². The summed E-state index contributed by atoms with van der Waals surface area (Å²) in [6.45, 7) is 6.31. The molecule has 324 valence electrons. The third kappa shape index (κ3) is 38.4. The van der Waals surface area contributed by atoms with Crippen LogP contribution in [0.3, 0.4) is 0 Å². The molecular weight excluding hydrogens is 695 g/mol. The first-order chi connectivity index (χ1) is 27.5. The molecule has 6 heteroatoms. The zero-order valence-electron chi connectivity index (χ0n) is 36.8. The molecule has 0 aliphatic rings. The first-order valence-corrected chi connectivity index (χ1v) is 23.5. The summed E-state index contributed by atoms with van der Waals surface area (Å²) >= 11 is 0. The van der Waals surface area contributed by atoms with Gasteiger partial charge in [-0.1, -0.05) is 197 Å². The van der Waals surface area contributed by atoms with Gasteiger partial charge in [-0.3, -0.25) is 9.59 Å². The molecule has 3 atom stereocenters. The molecule has 3 N–H and O–H groups in total. The van der Waals surface area contributed by atoms with Gasteiger partial charge in [-0.25, -0.2) is 0 Å². The van der Waals surface area contributed by atoms with Crippen LogP contribution in [-0.4, -0.2) is 46.9 Å². The summed E-state index contributed by atoms with van der Waals surface area (Å²) in [6, 6.07) is -0.736. The molecule has 56 heavy (non-hydrogen) atoms. The fourth-order valence-electron chi connectivity index (χ4n) is 6.76. The van der Waals surface area contributed by atoms with Crippen LogP contribution < -0.4 is 5.32 Å². The summed E-state index contributed by atoms with van der Waals surface area (Å²) in [7, 11) is 0. The monoisotopic (exact) mass is 784 g/mol. The number of aliphatic hydroxyl groups is 2. The topological polar surface area (TPSA) is 95.9 Å². The Kier molecular flexibility index (Phi) is 41.8. The van der Waals surface area contributed by atoms with Crippen LogP contribution in [0, 0.1) is 0 Å². The molecule has 0 radical (unpaired) electrons. The highest BCUT2D eigenvalue weighted by Crippen LogP contribution is 2.15. The summed E-state index contributed by atoms with van der Waals surface area (Å²) in [5.74, 6) is -0.631. The third-order valence-electron chi connectivity index (χ3n) is 10.3. The zero-order valence-corrected chi connectivity index (χ0v) is 36.8. The molecule has 0 rings (SSSR count). The first kappa shape index (κ1) is 53.6. The fourth-order valence-corrected chi connectivity index (χ4v) is 6.76. The van der Waals surface area contributed by atoms with E-state index in [1.165, 1.54) is 96.3 Å². The number of hydrogen-bond donors (Lipinski definition) is 3. The van der Waals surface area contributed by atoms with Crippen molar-refractivity contribution in [1.82, 2.24) is 5.32 Å². The molecule has 0 saturated heterocycles.